The summed E-state index contributed by atoms with van der Waals surface area (Å²) in [5.74, 6) is 0. The van der Waals surface area contributed by atoms with Gasteiger partial charge in [0, 0.05) is 15.6 Å². The van der Waals surface area contributed by atoms with E-state index in [2.05, 4.69) is 16.0 Å². The Kier molecular flexibility index (Phi) is 91.2. The highest BCUT2D eigenvalue weighted by atomic mass is 28.5. The first-order valence-electron chi connectivity index (χ1n) is 9.24. The largest absolute Gasteiger partial charge is 0.415 e. The van der Waals surface area contributed by atoms with Crippen molar-refractivity contribution in [1.29, 1.82) is 0 Å². The predicted molar refractivity (Wildman–Crippen MR) is 173 cm³/mol. The molecule has 0 fully saturated rings. The zero-order valence-corrected chi connectivity index (χ0v) is 29.5. The predicted octanol–water partition coefficient (Wildman–Crippen LogP) is -1.17. The third kappa shape index (κ3) is 417. The molecule has 0 rings (SSSR count). The lowest BCUT2D eigenvalue weighted by Gasteiger charge is -2.23. The van der Waals surface area contributed by atoms with Gasteiger partial charge in [-0.3, -0.25) is 0 Å². The van der Waals surface area contributed by atoms with Crippen LogP contribution in [0.3, 0.4) is 0 Å². The molecule has 0 radical (unpaired) electrons. The van der Waals surface area contributed by atoms with Crippen LogP contribution in [0.4, 0.5) is 0 Å². The molecule has 0 aromatic rings. The lowest BCUT2D eigenvalue weighted by atomic mass is 11.6. The van der Waals surface area contributed by atoms with Gasteiger partial charge in [-0.05, 0) is 66.0 Å². The summed E-state index contributed by atoms with van der Waals surface area (Å²) in [6.07, 6.45) is 0. The van der Waals surface area contributed by atoms with Gasteiger partial charge >= 0.3 is 43.5 Å². The van der Waals surface area contributed by atoms with E-state index in [-0.39, 0.29) is 50.5 Å². The van der Waals surface area contributed by atoms with Gasteiger partial charge in [0.1, 0.15) is 0 Å². The van der Waals surface area contributed by atoms with E-state index in [0.717, 1.165) is 7.11 Å². The van der Waals surface area contributed by atoms with E-state index in [4.69, 9.17) is 42.8 Å². The number of aliphatic hydroxyl groups excluding tert-OH is 1. The van der Waals surface area contributed by atoms with Gasteiger partial charge in [-0.2, -0.15) is 0 Å². The molecule has 14 nitrogen and oxygen atoms in total. The number of hydrogen-bond acceptors (Lipinski definition) is 12. The normalized spacial score (nSPS) is 10.2. The molecule has 242 valence electrons. The molecule has 0 aromatic heterocycles. The summed E-state index contributed by atoms with van der Waals surface area (Å²) in [4.78, 5) is 62.5. The topological polar surface area (TPSA) is 290 Å². The van der Waals surface area contributed by atoms with Crippen LogP contribution in [0.1, 0.15) is 23.7 Å². The second-order valence-electron chi connectivity index (χ2n) is 7.53. The lowest BCUT2D eigenvalue weighted by Crippen LogP contribution is -2.44. The summed E-state index contributed by atoms with van der Waals surface area (Å²) in [6.45, 7) is 16.2. The zero-order chi connectivity index (χ0) is 26.4. The molecule has 0 aromatic carbocycles. The first-order valence-corrected chi connectivity index (χ1v) is 25.0. The SMILES string of the molecule is C.C.C.CN[SiH2]C.CO.CO[SiH](C)O.C[Si](C)(O)O.C[Si](C)(O)O.C[Si](C)(O)O[Si](C)(C)O.N.O.O.[HH]. The molecule has 0 saturated heterocycles. The summed E-state index contributed by atoms with van der Waals surface area (Å²) in [7, 11) is -7.16. The molecule has 0 aliphatic rings. The van der Waals surface area contributed by atoms with Crippen molar-refractivity contribution in [2.24, 2.45) is 0 Å². The molecule has 16 N–H and O–H groups in total. The van der Waals surface area contributed by atoms with Gasteiger partial charge in [0.2, 0.25) is 0 Å². The Balaban J connectivity index is -0.0000000170. The van der Waals surface area contributed by atoms with E-state index in [1.807, 2.05) is 7.05 Å². The Morgan fingerprint density at radius 3 is 0.833 bits per heavy atom. The van der Waals surface area contributed by atoms with Crippen LogP contribution in [0.15, 0.2) is 0 Å². The minimum Gasteiger partial charge on any atom is -0.415 e. The van der Waals surface area contributed by atoms with Crippen LogP contribution in [-0.4, -0.2) is 124 Å². The Morgan fingerprint density at radius 2 is 0.833 bits per heavy atom. The average molecular weight is 653 g/mol. The molecular weight excluding hydrogens is 581 g/mol. The Hall–Kier alpha value is 0.741. The number of aliphatic hydroxyl groups is 1. The molecule has 0 bridgehead atoms. The van der Waals surface area contributed by atoms with E-state index < -0.39 is 43.5 Å². The summed E-state index contributed by atoms with van der Waals surface area (Å²) in [5.41, 5.74) is 0. The van der Waals surface area contributed by atoms with Crippen molar-refractivity contribution in [3.05, 3.63) is 0 Å². The van der Waals surface area contributed by atoms with Crippen molar-refractivity contribution < 1.29 is 59.6 Å². The number of rotatable bonds is 4. The molecule has 0 amide bonds. The van der Waals surface area contributed by atoms with E-state index in [1.54, 1.807) is 32.7 Å². The average Bonchev–Trinajstić information content (AvgIpc) is 2.43. The van der Waals surface area contributed by atoms with Gasteiger partial charge in [-0.15, -0.1) is 0 Å². The highest BCUT2D eigenvalue weighted by Gasteiger charge is 2.30. The molecule has 36 heavy (non-hydrogen) atoms. The van der Waals surface area contributed by atoms with Crippen molar-refractivity contribution in [2.75, 3.05) is 21.3 Å². The van der Waals surface area contributed by atoms with Gasteiger partial charge < -0.3 is 69.3 Å². The van der Waals surface area contributed by atoms with Gasteiger partial charge in [0.25, 0.3) is 0 Å². The Bertz CT molecular complexity index is 297. The van der Waals surface area contributed by atoms with E-state index in [0.29, 0.717) is 0 Å². The van der Waals surface area contributed by atoms with Crippen LogP contribution >= 0.6 is 0 Å². The lowest BCUT2D eigenvalue weighted by molar-refractivity contribution is 0.321. The van der Waals surface area contributed by atoms with Crippen LogP contribution in [-0.2, 0) is 8.54 Å². The number of nitrogens with one attached hydrogen (secondary N) is 1. The molecular formula is C16H72N2O12Si6. The van der Waals surface area contributed by atoms with Crippen LogP contribution in [0, 0.1) is 0 Å². The van der Waals surface area contributed by atoms with Crippen LogP contribution in [0.25, 0.3) is 0 Å². The maximum absolute atomic E-state index is 9.14. The van der Waals surface area contributed by atoms with Crippen molar-refractivity contribution in [2.45, 2.75) is 87.8 Å². The van der Waals surface area contributed by atoms with E-state index in [1.165, 1.54) is 33.3 Å². The third-order valence-corrected chi connectivity index (χ3v) is 6.58. The highest BCUT2D eigenvalue weighted by molar-refractivity contribution is 6.77. The zero-order valence-electron chi connectivity index (χ0n) is 22.9. The molecule has 0 spiro atoms. The van der Waals surface area contributed by atoms with Crippen LogP contribution in [0.5, 0.6) is 0 Å². The summed E-state index contributed by atoms with van der Waals surface area (Å²) in [6, 6.07) is 0. The Morgan fingerprint density at radius 1 is 0.722 bits per heavy atom. The standard InChI is InChI=1S/C4H14O3Si2.C2H9NSi.3C2H8O2Si.CH4O.3CH4.H3N.2H2O.H2/c1-8(2,5)7-9(3,4)6;1-3-4-2;2*1-5(2,3)4;1-4-5(2)3;1-2;;;;;;;/h5-6H,1-4H3;3H,4H2,1-2H3;2*3-4H,1-2H3;3,5H,1-2H3;2H,1H3;3*1H4;1H3;2*1H2;1H. The van der Waals surface area contributed by atoms with E-state index in [9.17, 15) is 0 Å². The van der Waals surface area contributed by atoms with Crippen molar-refractivity contribution in [1.82, 2.24) is 11.1 Å². The molecule has 0 saturated carbocycles. The molecule has 0 aliphatic carbocycles. The van der Waals surface area contributed by atoms with Crippen LogP contribution in [0.2, 0.25) is 65.5 Å². The summed E-state index contributed by atoms with van der Waals surface area (Å²) < 4.78 is 9.46. The highest BCUT2D eigenvalue weighted by Crippen LogP contribution is 2.07. The van der Waals surface area contributed by atoms with Crippen molar-refractivity contribution in [3.8, 4) is 0 Å². The maximum Gasteiger partial charge on any atom is 0.326 e. The fraction of sp³-hybridized carbons (Fsp3) is 1.00. The second-order valence-corrected chi connectivity index (χ2v) is 23.2. The molecule has 0 heterocycles. The fourth-order valence-electron chi connectivity index (χ4n) is 0.611. The number of hydrogen-bond donors (Lipinski definition) is 10. The monoisotopic (exact) mass is 652 g/mol. The van der Waals surface area contributed by atoms with Gasteiger partial charge in [0.15, 0.2) is 0 Å². The summed E-state index contributed by atoms with van der Waals surface area (Å²) in [5, 5.41) is 7.00. The molecule has 20 heteroatoms. The molecule has 1 atom stereocenters. The van der Waals surface area contributed by atoms with Gasteiger partial charge in [0.05, 0.1) is 9.68 Å². The first kappa shape index (κ1) is 76.7. The minimum absolute atomic E-state index is 0. The summed E-state index contributed by atoms with van der Waals surface area (Å²) >= 11 is 0. The fourth-order valence-corrected chi connectivity index (χ4v) is 5.50. The Labute approximate surface area is 232 Å². The van der Waals surface area contributed by atoms with Crippen LogP contribution < -0.4 is 11.1 Å². The maximum atomic E-state index is 9.14. The van der Waals surface area contributed by atoms with Crippen molar-refractivity contribution >= 4 is 53.2 Å². The third-order valence-electron chi connectivity index (χ3n) is 1.19. The smallest absolute Gasteiger partial charge is 0.326 e. The van der Waals surface area contributed by atoms with E-state index >= 15 is 0 Å². The molecule has 0 aliphatic heterocycles. The minimum atomic E-state index is -2.61. The van der Waals surface area contributed by atoms with Gasteiger partial charge in [-0.1, -0.05) is 28.8 Å². The first-order chi connectivity index (χ1) is 12.9. The second kappa shape index (κ2) is 42.8. The van der Waals surface area contributed by atoms with Crippen molar-refractivity contribution in [3.63, 3.8) is 0 Å². The molecule has 1 unspecified atom stereocenters. The quantitative estimate of drug-likeness (QED) is 0.161. The van der Waals surface area contributed by atoms with Gasteiger partial charge in [-0.25, -0.2) is 0 Å².